The van der Waals surface area contributed by atoms with E-state index >= 15 is 0 Å². The molecule has 19 heavy (non-hydrogen) atoms. The number of carbonyl (C=O) groups excluding carboxylic acids is 1. The third-order valence-electron chi connectivity index (χ3n) is 4.13. The number of hydrogen-bond acceptors (Lipinski definition) is 2. The first-order valence-electron chi connectivity index (χ1n) is 7.07. The lowest BCUT2D eigenvalue weighted by Gasteiger charge is -2.20. The van der Waals surface area contributed by atoms with Crippen LogP contribution in [-0.2, 0) is 10.2 Å². The fraction of sp³-hybridized carbons (Fsp3) is 0.562. The van der Waals surface area contributed by atoms with Crippen LogP contribution < -0.4 is 10.6 Å². The van der Waals surface area contributed by atoms with Crippen molar-refractivity contribution in [2.24, 2.45) is 5.92 Å². The smallest absolute Gasteiger partial charge is 0.224 e. The fourth-order valence-corrected chi connectivity index (χ4v) is 2.69. The number of amides is 1. The molecule has 1 saturated carbocycles. The first kappa shape index (κ1) is 14.1. The molecule has 0 heterocycles. The Bertz CT molecular complexity index is 452. The second kappa shape index (κ2) is 5.74. The summed E-state index contributed by atoms with van der Waals surface area (Å²) in [5, 5.41) is 6.16. The molecule has 1 fully saturated rings. The Morgan fingerprint density at radius 2 is 2.05 bits per heavy atom. The minimum Gasteiger partial charge on any atom is -0.355 e. The predicted octanol–water partition coefficient (Wildman–Crippen LogP) is 2.00. The van der Waals surface area contributed by atoms with Crippen LogP contribution in [-0.4, -0.2) is 26.0 Å². The highest BCUT2D eigenvalue weighted by Crippen LogP contribution is 2.48. The number of hydrogen-bond donors (Lipinski definition) is 2. The number of aryl methyl sites for hydroxylation is 1. The van der Waals surface area contributed by atoms with E-state index < -0.39 is 0 Å². The van der Waals surface area contributed by atoms with E-state index in [-0.39, 0.29) is 17.2 Å². The molecule has 1 aliphatic rings. The van der Waals surface area contributed by atoms with Gasteiger partial charge in [0.1, 0.15) is 0 Å². The number of rotatable bonds is 6. The van der Waals surface area contributed by atoms with Crippen molar-refractivity contribution in [3.63, 3.8) is 0 Å². The van der Waals surface area contributed by atoms with E-state index in [0.717, 1.165) is 13.1 Å². The Hall–Kier alpha value is -1.35. The maximum atomic E-state index is 12.0. The van der Waals surface area contributed by atoms with Crippen LogP contribution in [0.1, 0.15) is 30.9 Å². The molecule has 0 aromatic heterocycles. The van der Waals surface area contributed by atoms with Gasteiger partial charge in [-0.15, -0.1) is 0 Å². The number of benzene rings is 1. The normalized spacial score (nSPS) is 17.8. The SMILES string of the molecule is CNCC(C)C(=O)NCC1(c2ccccc2C)CC1. The zero-order valence-corrected chi connectivity index (χ0v) is 12.1. The van der Waals surface area contributed by atoms with Crippen LogP contribution in [0.25, 0.3) is 0 Å². The summed E-state index contributed by atoms with van der Waals surface area (Å²) in [5.41, 5.74) is 2.93. The molecule has 1 unspecified atom stereocenters. The molecule has 1 amide bonds. The van der Waals surface area contributed by atoms with Crippen LogP contribution in [0.2, 0.25) is 0 Å². The van der Waals surface area contributed by atoms with Crippen molar-refractivity contribution >= 4 is 5.91 Å². The topological polar surface area (TPSA) is 41.1 Å². The van der Waals surface area contributed by atoms with Crippen LogP contribution in [0.15, 0.2) is 24.3 Å². The van der Waals surface area contributed by atoms with Crippen molar-refractivity contribution in [2.45, 2.75) is 32.1 Å². The first-order valence-corrected chi connectivity index (χ1v) is 7.07. The van der Waals surface area contributed by atoms with Gasteiger partial charge >= 0.3 is 0 Å². The van der Waals surface area contributed by atoms with Gasteiger partial charge in [0.25, 0.3) is 0 Å². The minimum absolute atomic E-state index is 0.0256. The van der Waals surface area contributed by atoms with Crippen molar-refractivity contribution in [3.05, 3.63) is 35.4 Å². The third kappa shape index (κ3) is 3.16. The van der Waals surface area contributed by atoms with Gasteiger partial charge < -0.3 is 10.6 Å². The van der Waals surface area contributed by atoms with Gasteiger partial charge in [-0.1, -0.05) is 31.2 Å². The maximum absolute atomic E-state index is 12.0. The second-order valence-electron chi connectivity index (χ2n) is 5.77. The Labute approximate surface area is 115 Å². The zero-order valence-electron chi connectivity index (χ0n) is 12.1. The Morgan fingerprint density at radius 1 is 1.37 bits per heavy atom. The van der Waals surface area contributed by atoms with E-state index in [9.17, 15) is 4.79 Å². The molecule has 0 saturated heterocycles. The minimum atomic E-state index is 0.0256. The summed E-state index contributed by atoms with van der Waals surface area (Å²) >= 11 is 0. The zero-order chi connectivity index (χ0) is 13.9. The highest BCUT2D eigenvalue weighted by molar-refractivity contribution is 5.78. The lowest BCUT2D eigenvalue weighted by molar-refractivity contribution is -0.124. The molecule has 1 aromatic carbocycles. The van der Waals surface area contributed by atoms with Crippen LogP contribution >= 0.6 is 0 Å². The summed E-state index contributed by atoms with van der Waals surface area (Å²) in [6.07, 6.45) is 2.36. The van der Waals surface area contributed by atoms with Crippen LogP contribution in [0.4, 0.5) is 0 Å². The van der Waals surface area contributed by atoms with Crippen molar-refractivity contribution in [2.75, 3.05) is 20.1 Å². The predicted molar refractivity (Wildman–Crippen MR) is 78.2 cm³/mol. The molecule has 104 valence electrons. The average Bonchev–Trinajstić information content (AvgIpc) is 3.18. The molecule has 0 radical (unpaired) electrons. The van der Waals surface area contributed by atoms with Gasteiger partial charge in [0.2, 0.25) is 5.91 Å². The van der Waals surface area contributed by atoms with Gasteiger partial charge in [0.15, 0.2) is 0 Å². The molecule has 2 N–H and O–H groups in total. The van der Waals surface area contributed by atoms with Gasteiger partial charge in [-0.05, 0) is 37.9 Å². The summed E-state index contributed by atoms with van der Waals surface area (Å²) in [7, 11) is 1.87. The van der Waals surface area contributed by atoms with E-state index in [4.69, 9.17) is 0 Å². The van der Waals surface area contributed by atoms with Crippen LogP contribution in [0, 0.1) is 12.8 Å². The van der Waals surface area contributed by atoms with Crippen LogP contribution in [0.3, 0.4) is 0 Å². The molecule has 0 bridgehead atoms. The van der Waals surface area contributed by atoms with Crippen molar-refractivity contribution in [1.29, 1.82) is 0 Å². The van der Waals surface area contributed by atoms with Gasteiger partial charge in [-0.3, -0.25) is 4.79 Å². The molecule has 0 spiro atoms. The molecule has 0 aliphatic heterocycles. The monoisotopic (exact) mass is 260 g/mol. The Balaban J connectivity index is 1.96. The van der Waals surface area contributed by atoms with E-state index in [1.54, 1.807) is 0 Å². The van der Waals surface area contributed by atoms with E-state index in [0.29, 0.717) is 0 Å². The van der Waals surface area contributed by atoms with Crippen molar-refractivity contribution in [1.82, 2.24) is 10.6 Å². The molecular formula is C16H24N2O. The van der Waals surface area contributed by atoms with Gasteiger partial charge in [-0.2, -0.15) is 0 Å². The molecule has 3 nitrogen and oxygen atoms in total. The van der Waals surface area contributed by atoms with Crippen LogP contribution in [0.5, 0.6) is 0 Å². The molecule has 3 heteroatoms. The van der Waals surface area contributed by atoms with Gasteiger partial charge in [0.05, 0.1) is 0 Å². The Morgan fingerprint density at radius 3 is 2.63 bits per heavy atom. The summed E-state index contributed by atoms with van der Waals surface area (Å²) in [4.78, 5) is 12.0. The highest BCUT2D eigenvalue weighted by atomic mass is 16.1. The molecular weight excluding hydrogens is 236 g/mol. The Kier molecular flexibility index (Phi) is 4.25. The quantitative estimate of drug-likeness (QED) is 0.821. The van der Waals surface area contributed by atoms with Crippen molar-refractivity contribution in [3.8, 4) is 0 Å². The van der Waals surface area contributed by atoms with E-state index in [1.165, 1.54) is 24.0 Å². The maximum Gasteiger partial charge on any atom is 0.224 e. The van der Waals surface area contributed by atoms with Gasteiger partial charge in [0, 0.05) is 24.4 Å². The number of carbonyl (C=O) groups is 1. The summed E-state index contributed by atoms with van der Waals surface area (Å²) in [6, 6.07) is 8.52. The van der Waals surface area contributed by atoms with Gasteiger partial charge in [-0.25, -0.2) is 0 Å². The summed E-state index contributed by atoms with van der Waals surface area (Å²) in [6.45, 7) is 5.61. The molecule has 1 aromatic rings. The molecule has 1 atom stereocenters. The summed E-state index contributed by atoms with van der Waals surface area (Å²) < 4.78 is 0. The summed E-state index contributed by atoms with van der Waals surface area (Å²) in [5.74, 6) is 0.173. The largest absolute Gasteiger partial charge is 0.355 e. The van der Waals surface area contributed by atoms with E-state index in [2.05, 4.69) is 41.8 Å². The fourth-order valence-electron chi connectivity index (χ4n) is 2.69. The van der Waals surface area contributed by atoms with E-state index in [1.807, 2.05) is 14.0 Å². The third-order valence-corrected chi connectivity index (χ3v) is 4.13. The standard InChI is InChI=1S/C16H24N2O/c1-12-6-4-5-7-14(12)16(8-9-16)11-18-15(19)13(2)10-17-3/h4-7,13,17H,8-11H2,1-3H3,(H,18,19). The number of nitrogens with one attached hydrogen (secondary N) is 2. The lowest BCUT2D eigenvalue weighted by Crippen LogP contribution is -2.38. The first-order chi connectivity index (χ1) is 9.09. The second-order valence-corrected chi connectivity index (χ2v) is 5.77. The lowest BCUT2D eigenvalue weighted by atomic mass is 9.91. The molecule has 2 rings (SSSR count). The van der Waals surface area contributed by atoms with Crippen molar-refractivity contribution < 1.29 is 4.79 Å². The molecule has 1 aliphatic carbocycles. The average molecular weight is 260 g/mol. The highest BCUT2D eigenvalue weighted by Gasteiger charge is 2.45.